The van der Waals surface area contributed by atoms with Crippen molar-refractivity contribution in [1.82, 2.24) is 5.32 Å². The van der Waals surface area contributed by atoms with Crippen LogP contribution in [0.5, 0.6) is 0 Å². The molecule has 4 heteroatoms. The molecule has 0 spiro atoms. The van der Waals surface area contributed by atoms with Gasteiger partial charge in [0.2, 0.25) is 9.84 Å². The summed E-state index contributed by atoms with van der Waals surface area (Å²) in [5.74, 6) is 0. The molecule has 1 aromatic carbocycles. The second kappa shape index (κ2) is 3.96. The van der Waals surface area contributed by atoms with Crippen LogP contribution in [0.4, 0.5) is 0 Å². The molecule has 1 fully saturated rings. The maximum atomic E-state index is 12.0. The highest BCUT2D eigenvalue weighted by Crippen LogP contribution is 2.36. The van der Waals surface area contributed by atoms with E-state index in [9.17, 15) is 8.42 Å². The van der Waals surface area contributed by atoms with E-state index in [0.29, 0.717) is 4.90 Å². The van der Waals surface area contributed by atoms with Crippen LogP contribution in [-0.4, -0.2) is 21.0 Å². The zero-order valence-corrected chi connectivity index (χ0v) is 10.3. The van der Waals surface area contributed by atoms with Crippen LogP contribution in [0.15, 0.2) is 34.6 Å². The van der Waals surface area contributed by atoms with Gasteiger partial charge < -0.3 is 5.32 Å². The molecule has 17 heavy (non-hydrogen) atoms. The van der Waals surface area contributed by atoms with Gasteiger partial charge in [-0.1, -0.05) is 24.6 Å². The first kappa shape index (κ1) is 11.0. The molecule has 2 aliphatic rings. The Kier molecular flexibility index (Phi) is 2.56. The van der Waals surface area contributed by atoms with E-state index in [2.05, 4.69) is 5.32 Å². The van der Waals surface area contributed by atoms with E-state index in [-0.39, 0.29) is 6.04 Å². The van der Waals surface area contributed by atoms with Crippen LogP contribution >= 0.6 is 0 Å². The van der Waals surface area contributed by atoms with Gasteiger partial charge >= 0.3 is 0 Å². The fourth-order valence-corrected chi connectivity index (χ4v) is 4.15. The maximum absolute atomic E-state index is 12.0. The van der Waals surface area contributed by atoms with Crippen molar-refractivity contribution in [2.24, 2.45) is 0 Å². The highest BCUT2D eigenvalue weighted by molar-refractivity contribution is 7.95. The minimum atomic E-state index is -3.21. The van der Waals surface area contributed by atoms with E-state index in [1.54, 1.807) is 12.1 Å². The molecule has 1 atom stereocenters. The van der Waals surface area contributed by atoms with E-state index in [1.807, 2.05) is 12.1 Å². The van der Waals surface area contributed by atoms with Gasteiger partial charge in [-0.25, -0.2) is 8.42 Å². The van der Waals surface area contributed by atoms with Crippen LogP contribution in [0.25, 0.3) is 5.57 Å². The van der Waals surface area contributed by atoms with Crippen molar-refractivity contribution in [3.63, 3.8) is 0 Å². The van der Waals surface area contributed by atoms with E-state index in [0.717, 1.165) is 30.5 Å². The molecular formula is C13H15NO2S. The largest absolute Gasteiger partial charge is 0.310 e. The third kappa shape index (κ3) is 1.81. The normalized spacial score (nSPS) is 26.4. The SMILES string of the molecule is O=S1(=O)C=C(C2CCCCN2)c2ccccc21. The summed E-state index contributed by atoms with van der Waals surface area (Å²) in [6, 6.07) is 7.47. The van der Waals surface area contributed by atoms with Crippen molar-refractivity contribution < 1.29 is 8.42 Å². The molecule has 0 aromatic heterocycles. The highest BCUT2D eigenvalue weighted by atomic mass is 32.2. The zero-order chi connectivity index (χ0) is 11.9. The second-order valence-corrected chi connectivity index (χ2v) is 6.38. The molecule has 2 aliphatic heterocycles. The van der Waals surface area contributed by atoms with Gasteiger partial charge in [-0.2, -0.15) is 0 Å². The van der Waals surface area contributed by atoms with Crippen molar-refractivity contribution in [1.29, 1.82) is 0 Å². The Balaban J connectivity index is 2.07. The summed E-state index contributed by atoms with van der Waals surface area (Å²) < 4.78 is 24.0. The Labute approximate surface area is 101 Å². The van der Waals surface area contributed by atoms with Crippen molar-refractivity contribution in [3.8, 4) is 0 Å². The Morgan fingerprint density at radius 3 is 2.76 bits per heavy atom. The number of rotatable bonds is 1. The number of nitrogens with one attached hydrogen (secondary N) is 1. The first-order chi connectivity index (χ1) is 8.18. The molecule has 2 heterocycles. The summed E-state index contributed by atoms with van der Waals surface area (Å²) >= 11 is 0. The molecular weight excluding hydrogens is 234 g/mol. The minimum Gasteiger partial charge on any atom is -0.310 e. The molecule has 3 rings (SSSR count). The third-order valence-electron chi connectivity index (χ3n) is 3.47. The Hall–Kier alpha value is -1.13. The second-order valence-electron chi connectivity index (χ2n) is 4.62. The van der Waals surface area contributed by atoms with Gasteiger partial charge in [0.1, 0.15) is 0 Å². The van der Waals surface area contributed by atoms with E-state index in [1.165, 1.54) is 11.8 Å². The van der Waals surface area contributed by atoms with Crippen LogP contribution in [0.2, 0.25) is 0 Å². The maximum Gasteiger partial charge on any atom is 0.200 e. The predicted octanol–water partition coefficient (Wildman–Crippen LogP) is 1.96. The summed E-state index contributed by atoms with van der Waals surface area (Å²) in [5.41, 5.74) is 1.83. The predicted molar refractivity (Wildman–Crippen MR) is 67.2 cm³/mol. The van der Waals surface area contributed by atoms with Crippen molar-refractivity contribution in [2.75, 3.05) is 6.54 Å². The van der Waals surface area contributed by atoms with Gasteiger partial charge in [0, 0.05) is 11.4 Å². The van der Waals surface area contributed by atoms with Crippen LogP contribution < -0.4 is 5.32 Å². The lowest BCUT2D eigenvalue weighted by Crippen LogP contribution is -2.34. The lowest BCUT2D eigenvalue weighted by molar-refractivity contribution is 0.463. The molecule has 3 nitrogen and oxygen atoms in total. The molecule has 0 bridgehead atoms. The van der Waals surface area contributed by atoms with Gasteiger partial charge in [0.15, 0.2) is 0 Å². The molecule has 0 aliphatic carbocycles. The van der Waals surface area contributed by atoms with Gasteiger partial charge in [0.05, 0.1) is 4.90 Å². The number of sulfone groups is 1. The fourth-order valence-electron chi connectivity index (χ4n) is 2.63. The third-order valence-corrected chi connectivity index (χ3v) is 5.01. The van der Waals surface area contributed by atoms with Crippen molar-refractivity contribution in [3.05, 3.63) is 35.2 Å². The minimum absolute atomic E-state index is 0.196. The zero-order valence-electron chi connectivity index (χ0n) is 9.52. The lowest BCUT2D eigenvalue weighted by Gasteiger charge is -2.24. The van der Waals surface area contributed by atoms with Crippen LogP contribution in [0, 0.1) is 0 Å². The summed E-state index contributed by atoms with van der Waals surface area (Å²) in [4.78, 5) is 0.461. The van der Waals surface area contributed by atoms with Crippen LogP contribution in [0.1, 0.15) is 24.8 Å². The first-order valence-electron chi connectivity index (χ1n) is 5.98. The Morgan fingerprint density at radius 1 is 1.18 bits per heavy atom. The standard InChI is InChI=1S/C13H15NO2S/c15-17(16)9-11(12-6-3-4-8-14-12)10-5-1-2-7-13(10)17/h1-2,5,7,9,12,14H,3-4,6,8H2. The summed E-state index contributed by atoms with van der Waals surface area (Å²) in [5, 5.41) is 4.85. The average Bonchev–Trinajstić information content (AvgIpc) is 2.64. The topological polar surface area (TPSA) is 46.2 Å². The van der Waals surface area contributed by atoms with E-state index >= 15 is 0 Å². The molecule has 90 valence electrons. The van der Waals surface area contributed by atoms with Crippen LogP contribution in [-0.2, 0) is 9.84 Å². The van der Waals surface area contributed by atoms with Crippen LogP contribution in [0.3, 0.4) is 0 Å². The summed E-state index contributed by atoms with van der Waals surface area (Å²) in [6.45, 7) is 0.976. The Bertz CT molecular complexity index is 569. The van der Waals surface area contributed by atoms with Gasteiger partial charge in [0.25, 0.3) is 0 Å². The van der Waals surface area contributed by atoms with Crippen molar-refractivity contribution >= 4 is 15.4 Å². The monoisotopic (exact) mass is 249 g/mol. The first-order valence-corrected chi connectivity index (χ1v) is 7.52. The number of hydrogen-bond acceptors (Lipinski definition) is 3. The van der Waals surface area contributed by atoms with Crippen molar-refractivity contribution in [2.45, 2.75) is 30.2 Å². The quantitative estimate of drug-likeness (QED) is 0.827. The summed E-state index contributed by atoms with van der Waals surface area (Å²) in [7, 11) is -3.21. The fraction of sp³-hybridized carbons (Fsp3) is 0.385. The van der Waals surface area contributed by atoms with Gasteiger partial charge in [-0.05, 0) is 36.6 Å². The number of benzene rings is 1. The molecule has 1 saturated heterocycles. The number of fused-ring (bicyclic) bond motifs is 1. The number of hydrogen-bond donors (Lipinski definition) is 1. The smallest absolute Gasteiger partial charge is 0.200 e. The average molecular weight is 249 g/mol. The van der Waals surface area contributed by atoms with Gasteiger partial charge in [-0.3, -0.25) is 0 Å². The molecule has 1 N–H and O–H groups in total. The van der Waals surface area contributed by atoms with E-state index in [4.69, 9.17) is 0 Å². The highest BCUT2D eigenvalue weighted by Gasteiger charge is 2.31. The molecule has 1 unspecified atom stereocenters. The molecule has 0 amide bonds. The molecule has 0 radical (unpaired) electrons. The molecule has 0 saturated carbocycles. The lowest BCUT2D eigenvalue weighted by atomic mass is 9.93. The summed E-state index contributed by atoms with van der Waals surface area (Å²) in [6.07, 6.45) is 3.37. The number of piperidine rings is 1. The van der Waals surface area contributed by atoms with E-state index < -0.39 is 9.84 Å². The Morgan fingerprint density at radius 2 is 2.00 bits per heavy atom. The van der Waals surface area contributed by atoms with Gasteiger partial charge in [-0.15, -0.1) is 0 Å². The molecule has 1 aromatic rings.